The second-order valence-electron chi connectivity index (χ2n) is 6.26. The molecule has 1 saturated carbocycles. The highest BCUT2D eigenvalue weighted by Gasteiger charge is 2.50. The third-order valence-electron chi connectivity index (χ3n) is 3.72. The van der Waals surface area contributed by atoms with Crippen LogP contribution in [-0.4, -0.2) is 23.5 Å². The molecule has 0 aliphatic heterocycles. The molecule has 2 rings (SSSR count). The Morgan fingerprint density at radius 1 is 1.53 bits per heavy atom. The van der Waals surface area contributed by atoms with E-state index >= 15 is 0 Å². The van der Waals surface area contributed by atoms with Crippen molar-refractivity contribution in [3.05, 3.63) is 23.9 Å². The maximum absolute atomic E-state index is 11.9. The number of amides is 1. The van der Waals surface area contributed by atoms with Gasteiger partial charge in [0.25, 0.3) is 0 Å². The van der Waals surface area contributed by atoms with Gasteiger partial charge in [-0.2, -0.15) is 0 Å². The van der Waals surface area contributed by atoms with Gasteiger partial charge in [0, 0.05) is 24.7 Å². The molecule has 0 bridgehead atoms. The lowest BCUT2D eigenvalue weighted by Crippen LogP contribution is -2.39. The van der Waals surface area contributed by atoms with Crippen molar-refractivity contribution in [2.75, 3.05) is 11.9 Å². The molecule has 1 fully saturated rings. The maximum Gasteiger partial charge on any atom is 0.223 e. The molecule has 4 nitrogen and oxygen atoms in total. The number of pyridine rings is 1. The van der Waals surface area contributed by atoms with E-state index in [2.05, 4.69) is 29.5 Å². The van der Waals surface area contributed by atoms with Gasteiger partial charge in [0.2, 0.25) is 5.91 Å². The van der Waals surface area contributed by atoms with Crippen LogP contribution in [0.5, 0.6) is 0 Å². The molecule has 2 atom stereocenters. The third-order valence-corrected chi connectivity index (χ3v) is 3.72. The number of aryl methyl sites for hydroxylation is 1. The molecular weight excluding hydrogens is 238 g/mol. The van der Waals surface area contributed by atoms with Gasteiger partial charge in [0.1, 0.15) is 5.82 Å². The first-order chi connectivity index (χ1) is 8.88. The van der Waals surface area contributed by atoms with Gasteiger partial charge in [-0.3, -0.25) is 4.79 Å². The van der Waals surface area contributed by atoms with Crippen LogP contribution in [0, 0.1) is 18.3 Å². The zero-order valence-corrected chi connectivity index (χ0v) is 12.2. The van der Waals surface area contributed by atoms with E-state index in [-0.39, 0.29) is 23.3 Å². The third kappa shape index (κ3) is 3.69. The van der Waals surface area contributed by atoms with Crippen molar-refractivity contribution in [1.82, 2.24) is 10.3 Å². The molecule has 0 radical (unpaired) electrons. The number of carbonyl (C=O) groups excluding carboxylic acids is 1. The summed E-state index contributed by atoms with van der Waals surface area (Å²) >= 11 is 0. The van der Waals surface area contributed by atoms with E-state index in [1.807, 2.05) is 32.2 Å². The first kappa shape index (κ1) is 13.8. The van der Waals surface area contributed by atoms with E-state index in [1.165, 1.54) is 0 Å². The van der Waals surface area contributed by atoms with Crippen LogP contribution in [-0.2, 0) is 4.79 Å². The van der Waals surface area contributed by atoms with Crippen LogP contribution in [0.3, 0.4) is 0 Å². The van der Waals surface area contributed by atoms with Crippen LogP contribution < -0.4 is 10.6 Å². The minimum Gasteiger partial charge on any atom is -0.368 e. The van der Waals surface area contributed by atoms with E-state index in [4.69, 9.17) is 0 Å². The van der Waals surface area contributed by atoms with E-state index in [0.29, 0.717) is 6.54 Å². The van der Waals surface area contributed by atoms with Crippen LogP contribution in [0.25, 0.3) is 0 Å². The highest BCUT2D eigenvalue weighted by molar-refractivity contribution is 5.82. The molecule has 0 spiro atoms. The number of rotatable bonds is 5. The Morgan fingerprint density at radius 3 is 2.74 bits per heavy atom. The van der Waals surface area contributed by atoms with Crippen molar-refractivity contribution in [2.45, 2.75) is 40.2 Å². The number of carbonyl (C=O) groups is 1. The van der Waals surface area contributed by atoms with Crippen molar-refractivity contribution in [3.63, 3.8) is 0 Å². The quantitative estimate of drug-likeness (QED) is 0.855. The summed E-state index contributed by atoms with van der Waals surface area (Å²) in [5.74, 6) is 1.21. The van der Waals surface area contributed by atoms with Gasteiger partial charge in [-0.05, 0) is 37.3 Å². The minimum atomic E-state index is 0.104. The minimum absolute atomic E-state index is 0.104. The average molecular weight is 261 g/mol. The number of nitrogens with one attached hydrogen (secondary N) is 2. The monoisotopic (exact) mass is 261 g/mol. The molecule has 1 amide bonds. The van der Waals surface area contributed by atoms with E-state index < -0.39 is 0 Å². The predicted octanol–water partition coefficient (Wildman–Crippen LogP) is 2.35. The lowest BCUT2D eigenvalue weighted by atomic mass is 10.1. The molecule has 1 aliphatic rings. The van der Waals surface area contributed by atoms with Gasteiger partial charge in [0.05, 0.1) is 0 Å². The van der Waals surface area contributed by atoms with Gasteiger partial charge >= 0.3 is 0 Å². The zero-order chi connectivity index (χ0) is 14.0. The first-order valence-corrected chi connectivity index (χ1v) is 6.85. The number of nitrogens with zero attached hydrogens (tertiary/aromatic N) is 1. The van der Waals surface area contributed by atoms with Crippen molar-refractivity contribution < 1.29 is 4.79 Å². The molecule has 0 aromatic carbocycles. The fourth-order valence-electron chi connectivity index (χ4n) is 2.14. The summed E-state index contributed by atoms with van der Waals surface area (Å²) in [5, 5.41) is 6.28. The van der Waals surface area contributed by atoms with Crippen molar-refractivity contribution in [3.8, 4) is 0 Å². The Morgan fingerprint density at radius 2 is 2.21 bits per heavy atom. The summed E-state index contributed by atoms with van der Waals surface area (Å²) in [5.41, 5.74) is 1.33. The molecule has 19 heavy (non-hydrogen) atoms. The Labute approximate surface area is 115 Å². The SMILES string of the molecule is Cc1ccc(NCC(C)NC(=O)C2CC2(C)C)nc1. The van der Waals surface area contributed by atoms with Gasteiger partial charge < -0.3 is 10.6 Å². The standard InChI is InChI=1S/C15H23N3O/c1-10-5-6-13(16-8-10)17-9-11(2)18-14(19)12-7-15(12,3)4/h5-6,8,11-12H,7,9H2,1-4H3,(H,16,17)(H,18,19). The smallest absolute Gasteiger partial charge is 0.223 e. The van der Waals surface area contributed by atoms with Crippen LogP contribution in [0.4, 0.5) is 5.82 Å². The Bertz CT molecular complexity index is 453. The molecule has 2 N–H and O–H groups in total. The van der Waals surface area contributed by atoms with E-state index in [0.717, 1.165) is 17.8 Å². The summed E-state index contributed by atoms with van der Waals surface area (Å²) in [4.78, 5) is 16.2. The summed E-state index contributed by atoms with van der Waals surface area (Å²) < 4.78 is 0. The predicted molar refractivity (Wildman–Crippen MR) is 77.0 cm³/mol. The highest BCUT2D eigenvalue weighted by Crippen LogP contribution is 2.51. The van der Waals surface area contributed by atoms with Crippen LogP contribution in [0.1, 0.15) is 32.8 Å². The summed E-state index contributed by atoms with van der Waals surface area (Å²) in [6.45, 7) is 8.98. The second-order valence-corrected chi connectivity index (χ2v) is 6.26. The number of aromatic nitrogens is 1. The fourth-order valence-corrected chi connectivity index (χ4v) is 2.14. The lowest BCUT2D eigenvalue weighted by molar-refractivity contribution is -0.123. The molecule has 0 saturated heterocycles. The summed E-state index contributed by atoms with van der Waals surface area (Å²) in [6, 6.07) is 4.08. The van der Waals surface area contributed by atoms with Gasteiger partial charge in [0.15, 0.2) is 0 Å². The molecule has 104 valence electrons. The van der Waals surface area contributed by atoms with Crippen molar-refractivity contribution in [2.24, 2.45) is 11.3 Å². The van der Waals surface area contributed by atoms with E-state index in [1.54, 1.807) is 0 Å². The topological polar surface area (TPSA) is 54.0 Å². The second kappa shape index (κ2) is 5.19. The van der Waals surface area contributed by atoms with Gasteiger partial charge in [-0.25, -0.2) is 4.98 Å². The highest BCUT2D eigenvalue weighted by atomic mass is 16.2. The van der Waals surface area contributed by atoms with Gasteiger partial charge in [-0.1, -0.05) is 19.9 Å². The Hall–Kier alpha value is -1.58. The number of hydrogen-bond donors (Lipinski definition) is 2. The fraction of sp³-hybridized carbons (Fsp3) is 0.600. The van der Waals surface area contributed by atoms with Crippen LogP contribution >= 0.6 is 0 Å². The largest absolute Gasteiger partial charge is 0.368 e. The zero-order valence-electron chi connectivity index (χ0n) is 12.2. The lowest BCUT2D eigenvalue weighted by Gasteiger charge is -2.15. The van der Waals surface area contributed by atoms with Crippen LogP contribution in [0.2, 0.25) is 0 Å². The van der Waals surface area contributed by atoms with Crippen molar-refractivity contribution in [1.29, 1.82) is 0 Å². The van der Waals surface area contributed by atoms with E-state index in [9.17, 15) is 4.79 Å². The first-order valence-electron chi connectivity index (χ1n) is 6.85. The molecule has 4 heteroatoms. The molecule has 1 heterocycles. The normalized spacial score (nSPS) is 21.6. The Balaban J connectivity index is 1.74. The number of hydrogen-bond acceptors (Lipinski definition) is 3. The summed E-state index contributed by atoms with van der Waals surface area (Å²) in [6.07, 6.45) is 2.83. The average Bonchev–Trinajstić information content (AvgIpc) is 2.98. The molecular formula is C15H23N3O. The summed E-state index contributed by atoms with van der Waals surface area (Å²) in [7, 11) is 0. The number of anilines is 1. The maximum atomic E-state index is 11.9. The van der Waals surface area contributed by atoms with Crippen LogP contribution in [0.15, 0.2) is 18.3 Å². The Kier molecular flexibility index (Phi) is 3.78. The molecule has 1 aromatic heterocycles. The molecule has 1 aromatic rings. The molecule has 2 unspecified atom stereocenters. The molecule has 1 aliphatic carbocycles. The van der Waals surface area contributed by atoms with Gasteiger partial charge in [-0.15, -0.1) is 0 Å². The van der Waals surface area contributed by atoms with Crippen molar-refractivity contribution >= 4 is 11.7 Å².